The van der Waals surface area contributed by atoms with E-state index in [9.17, 15) is 8.42 Å². The fraction of sp³-hybridized carbons (Fsp3) is 0.160. The predicted octanol–water partition coefficient (Wildman–Crippen LogP) is 4.90. The average Bonchev–Trinajstić information content (AvgIpc) is 3.26. The number of sulfone groups is 1. The summed E-state index contributed by atoms with van der Waals surface area (Å²) in [5.74, 6) is 0.577. The Kier molecular flexibility index (Phi) is 5.09. The summed E-state index contributed by atoms with van der Waals surface area (Å²) in [4.78, 5) is 4.88. The van der Waals surface area contributed by atoms with Crippen molar-refractivity contribution in [1.82, 2.24) is 19.8 Å². The molecule has 8 heteroatoms. The number of hydrogen-bond acceptors (Lipinski definition) is 6. The van der Waals surface area contributed by atoms with Crippen LogP contribution in [0.2, 0.25) is 0 Å². The molecule has 5 rings (SSSR count). The van der Waals surface area contributed by atoms with Crippen molar-refractivity contribution < 1.29 is 8.42 Å². The molecule has 1 atom stereocenters. The highest BCUT2D eigenvalue weighted by Gasteiger charge is 2.27. The van der Waals surface area contributed by atoms with E-state index >= 15 is 0 Å². The number of benzene rings is 3. The second kappa shape index (κ2) is 7.97. The van der Waals surface area contributed by atoms with E-state index < -0.39 is 9.84 Å². The lowest BCUT2D eigenvalue weighted by molar-refractivity contribution is 0.592. The summed E-state index contributed by atoms with van der Waals surface area (Å²) in [6, 6.07) is 22.6. The molecule has 0 aliphatic heterocycles. The molecule has 0 aliphatic rings. The van der Waals surface area contributed by atoms with Gasteiger partial charge in [-0.15, -0.1) is 5.10 Å². The SMILES string of the molecule is Cc1ccc(S(=O)(=O)c2nnn3c2nc(N[C@H](C)c2ccccc2)c2ccccc23)cc1C. The van der Waals surface area contributed by atoms with E-state index in [1.54, 1.807) is 18.2 Å². The minimum atomic E-state index is -3.91. The molecule has 0 saturated carbocycles. The molecule has 2 aromatic heterocycles. The van der Waals surface area contributed by atoms with Crippen molar-refractivity contribution in [3.05, 3.63) is 89.5 Å². The standard InChI is InChI=1S/C25H23N5O2S/c1-16-13-14-20(15-17(16)2)33(31,32)25-24-27-23(26-18(3)19-9-5-4-6-10-19)21-11-7-8-12-22(21)30(24)29-28-25/h4-15,18H,1-3H3,(H,26,27)/t18-/m1/s1. The molecular weight excluding hydrogens is 434 g/mol. The Morgan fingerprint density at radius 2 is 1.64 bits per heavy atom. The first-order valence-electron chi connectivity index (χ1n) is 10.6. The third-order valence-corrected chi connectivity index (χ3v) is 7.57. The van der Waals surface area contributed by atoms with Gasteiger partial charge in [0.05, 0.1) is 10.4 Å². The smallest absolute Gasteiger partial charge is 0.229 e. The highest BCUT2D eigenvalue weighted by atomic mass is 32.2. The lowest BCUT2D eigenvalue weighted by atomic mass is 10.1. The average molecular weight is 458 g/mol. The van der Waals surface area contributed by atoms with Gasteiger partial charge in [0.15, 0.2) is 5.65 Å². The van der Waals surface area contributed by atoms with Crippen LogP contribution < -0.4 is 5.32 Å². The topological polar surface area (TPSA) is 89.2 Å². The fourth-order valence-electron chi connectivity index (χ4n) is 3.85. The summed E-state index contributed by atoms with van der Waals surface area (Å²) in [6.07, 6.45) is 0. The molecule has 0 amide bonds. The van der Waals surface area contributed by atoms with Crippen molar-refractivity contribution in [3.8, 4) is 0 Å². The monoisotopic (exact) mass is 457 g/mol. The van der Waals surface area contributed by atoms with Gasteiger partial charge >= 0.3 is 0 Å². The largest absolute Gasteiger partial charge is 0.363 e. The minimum absolute atomic E-state index is 0.0414. The first kappa shape index (κ1) is 21.1. The van der Waals surface area contributed by atoms with E-state index in [1.807, 2.05) is 75.4 Å². The van der Waals surface area contributed by atoms with Gasteiger partial charge in [0.25, 0.3) is 0 Å². The van der Waals surface area contributed by atoms with Crippen LogP contribution in [-0.4, -0.2) is 28.2 Å². The van der Waals surface area contributed by atoms with E-state index in [1.165, 1.54) is 4.52 Å². The molecule has 166 valence electrons. The molecule has 0 fully saturated rings. The summed E-state index contributed by atoms with van der Waals surface area (Å²) in [5.41, 5.74) is 3.92. The maximum atomic E-state index is 13.5. The third kappa shape index (κ3) is 3.62. The zero-order valence-electron chi connectivity index (χ0n) is 18.5. The Hall–Kier alpha value is -3.78. The van der Waals surface area contributed by atoms with Crippen molar-refractivity contribution >= 4 is 32.2 Å². The summed E-state index contributed by atoms with van der Waals surface area (Å²) in [6.45, 7) is 5.87. The molecule has 7 nitrogen and oxygen atoms in total. The van der Waals surface area contributed by atoms with Crippen LogP contribution in [0, 0.1) is 13.8 Å². The Bertz CT molecular complexity index is 1590. The van der Waals surface area contributed by atoms with Crippen molar-refractivity contribution in [2.75, 3.05) is 5.32 Å². The Balaban J connectivity index is 1.69. The Labute approximate surface area is 192 Å². The molecule has 0 radical (unpaired) electrons. The zero-order valence-corrected chi connectivity index (χ0v) is 19.3. The van der Waals surface area contributed by atoms with E-state index in [4.69, 9.17) is 4.98 Å². The van der Waals surface area contributed by atoms with Crippen LogP contribution in [0.5, 0.6) is 0 Å². The van der Waals surface area contributed by atoms with E-state index in [2.05, 4.69) is 15.6 Å². The maximum Gasteiger partial charge on any atom is 0.229 e. The first-order valence-corrected chi connectivity index (χ1v) is 12.1. The van der Waals surface area contributed by atoms with E-state index in [-0.39, 0.29) is 21.6 Å². The molecule has 33 heavy (non-hydrogen) atoms. The van der Waals surface area contributed by atoms with Gasteiger partial charge in [-0.25, -0.2) is 13.4 Å². The Morgan fingerprint density at radius 3 is 2.39 bits per heavy atom. The van der Waals surface area contributed by atoms with Crippen LogP contribution in [0.1, 0.15) is 29.7 Å². The van der Waals surface area contributed by atoms with Gasteiger partial charge in [0, 0.05) is 11.4 Å². The van der Waals surface area contributed by atoms with Gasteiger partial charge in [-0.1, -0.05) is 53.7 Å². The number of para-hydroxylation sites is 1. The van der Waals surface area contributed by atoms with Crippen molar-refractivity contribution in [2.45, 2.75) is 36.7 Å². The number of anilines is 1. The fourth-order valence-corrected chi connectivity index (χ4v) is 5.17. The summed E-state index contributed by atoms with van der Waals surface area (Å²) >= 11 is 0. The molecule has 0 spiro atoms. The van der Waals surface area contributed by atoms with E-state index in [0.29, 0.717) is 5.82 Å². The van der Waals surface area contributed by atoms with Crippen LogP contribution >= 0.6 is 0 Å². The van der Waals surface area contributed by atoms with Gasteiger partial charge in [-0.2, -0.15) is 4.52 Å². The maximum absolute atomic E-state index is 13.5. The molecule has 0 aliphatic carbocycles. The van der Waals surface area contributed by atoms with Crippen molar-refractivity contribution in [3.63, 3.8) is 0 Å². The first-order chi connectivity index (χ1) is 15.9. The second-order valence-electron chi connectivity index (χ2n) is 8.13. The van der Waals surface area contributed by atoms with Gasteiger partial charge in [0.2, 0.25) is 14.9 Å². The van der Waals surface area contributed by atoms with Gasteiger partial charge in [0.1, 0.15) is 5.82 Å². The normalized spacial score (nSPS) is 12.8. The number of rotatable bonds is 5. The van der Waals surface area contributed by atoms with Gasteiger partial charge in [-0.05, 0) is 61.7 Å². The quantitative estimate of drug-likeness (QED) is 0.404. The number of aromatic nitrogens is 4. The van der Waals surface area contributed by atoms with E-state index in [0.717, 1.165) is 27.6 Å². The second-order valence-corrected chi connectivity index (χ2v) is 10.00. The zero-order chi connectivity index (χ0) is 23.2. The highest BCUT2D eigenvalue weighted by molar-refractivity contribution is 7.91. The predicted molar refractivity (Wildman–Crippen MR) is 128 cm³/mol. The minimum Gasteiger partial charge on any atom is -0.363 e. The molecule has 3 aromatic carbocycles. The molecule has 0 saturated heterocycles. The summed E-state index contributed by atoms with van der Waals surface area (Å²) in [5, 5.41) is 12.3. The van der Waals surface area contributed by atoms with Gasteiger partial charge < -0.3 is 5.32 Å². The number of aryl methyl sites for hydroxylation is 2. The van der Waals surface area contributed by atoms with Crippen molar-refractivity contribution in [1.29, 1.82) is 0 Å². The molecule has 2 heterocycles. The van der Waals surface area contributed by atoms with Crippen molar-refractivity contribution in [2.24, 2.45) is 0 Å². The Morgan fingerprint density at radius 1 is 0.909 bits per heavy atom. The summed E-state index contributed by atoms with van der Waals surface area (Å²) in [7, 11) is -3.91. The van der Waals surface area contributed by atoms with Gasteiger partial charge in [-0.3, -0.25) is 0 Å². The van der Waals surface area contributed by atoms with Crippen LogP contribution in [0.3, 0.4) is 0 Å². The van der Waals surface area contributed by atoms with Crippen LogP contribution in [0.25, 0.3) is 16.6 Å². The van der Waals surface area contributed by atoms with Crippen LogP contribution in [0.15, 0.2) is 82.7 Å². The molecule has 5 aromatic rings. The van der Waals surface area contributed by atoms with Crippen LogP contribution in [-0.2, 0) is 9.84 Å². The summed E-state index contributed by atoms with van der Waals surface area (Å²) < 4.78 is 28.5. The highest BCUT2D eigenvalue weighted by Crippen LogP contribution is 2.30. The lowest BCUT2D eigenvalue weighted by Gasteiger charge is -2.17. The molecule has 1 N–H and O–H groups in total. The number of hydrogen-bond donors (Lipinski definition) is 1. The number of nitrogens with zero attached hydrogens (tertiary/aromatic N) is 4. The third-order valence-electron chi connectivity index (χ3n) is 5.92. The number of fused-ring (bicyclic) bond motifs is 3. The number of nitrogens with one attached hydrogen (secondary N) is 1. The van der Waals surface area contributed by atoms with Crippen LogP contribution in [0.4, 0.5) is 5.82 Å². The lowest BCUT2D eigenvalue weighted by Crippen LogP contribution is -2.10. The molecule has 0 unspecified atom stereocenters. The molecular formula is C25H23N5O2S. The molecule has 0 bridgehead atoms.